The molecule has 3 heterocycles. The lowest BCUT2D eigenvalue weighted by Crippen LogP contribution is -2.29. The van der Waals surface area contributed by atoms with Gasteiger partial charge in [-0.1, -0.05) is 51.5 Å². The number of amides is 2. The zero-order valence-electron chi connectivity index (χ0n) is 18.4. The molecule has 168 valence electrons. The van der Waals surface area contributed by atoms with E-state index in [1.54, 1.807) is 24.0 Å². The van der Waals surface area contributed by atoms with E-state index in [0.717, 1.165) is 48.5 Å². The van der Waals surface area contributed by atoms with Gasteiger partial charge in [-0.3, -0.25) is 9.20 Å². The minimum atomic E-state index is -0.536. The van der Waals surface area contributed by atoms with Crippen molar-refractivity contribution >= 4 is 29.4 Å². The molecule has 0 bridgehead atoms. The molecule has 0 aliphatic carbocycles. The molecule has 0 atom stereocenters. The van der Waals surface area contributed by atoms with Crippen molar-refractivity contribution in [2.24, 2.45) is 0 Å². The van der Waals surface area contributed by atoms with Crippen LogP contribution in [0, 0.1) is 0 Å². The van der Waals surface area contributed by atoms with Crippen LogP contribution in [0.3, 0.4) is 0 Å². The first-order valence-corrected chi connectivity index (χ1v) is 12.5. The van der Waals surface area contributed by atoms with Crippen molar-refractivity contribution in [2.45, 2.75) is 76.2 Å². The van der Waals surface area contributed by atoms with Crippen LogP contribution < -0.4 is 0 Å². The van der Waals surface area contributed by atoms with Gasteiger partial charge in [-0.05, 0) is 49.6 Å². The molecule has 0 radical (unpaired) electrons. The quantitative estimate of drug-likeness (QED) is 0.197. The van der Waals surface area contributed by atoms with Crippen LogP contribution >= 0.6 is 11.8 Å². The molecule has 0 spiro atoms. The van der Waals surface area contributed by atoms with Crippen molar-refractivity contribution in [3.63, 3.8) is 0 Å². The highest BCUT2D eigenvalue weighted by molar-refractivity contribution is 7.99. The number of imidazole rings is 1. The first-order valence-electron chi connectivity index (χ1n) is 11.5. The molecular formula is C24H33N3O3S. The van der Waals surface area contributed by atoms with E-state index in [0.29, 0.717) is 6.54 Å². The molecule has 1 fully saturated rings. The van der Waals surface area contributed by atoms with Gasteiger partial charge in [0.15, 0.2) is 5.76 Å². The van der Waals surface area contributed by atoms with E-state index in [-0.39, 0.29) is 11.7 Å². The Kier molecular flexibility index (Phi) is 9.46. The van der Waals surface area contributed by atoms with E-state index in [2.05, 4.69) is 22.4 Å². The Bertz CT molecular complexity index is 893. The minimum Gasteiger partial charge on any atom is -0.404 e. The van der Waals surface area contributed by atoms with E-state index in [1.807, 2.05) is 18.3 Å². The fraction of sp³-hybridized carbons (Fsp3) is 0.542. The highest BCUT2D eigenvalue weighted by Gasteiger charge is 2.35. The van der Waals surface area contributed by atoms with Crippen molar-refractivity contribution in [3.8, 4) is 0 Å². The number of rotatable bonds is 14. The van der Waals surface area contributed by atoms with Crippen LogP contribution in [-0.4, -0.2) is 38.6 Å². The number of thioether (sulfide) groups is 1. The second-order valence-corrected chi connectivity index (χ2v) is 8.99. The summed E-state index contributed by atoms with van der Waals surface area (Å²) in [5.74, 6) is 0.830. The summed E-state index contributed by atoms with van der Waals surface area (Å²) in [5.41, 5.74) is 0.936. The maximum Gasteiger partial charge on any atom is 0.422 e. The summed E-state index contributed by atoms with van der Waals surface area (Å²) < 4.78 is 7.26. The second kappa shape index (κ2) is 12.5. The van der Waals surface area contributed by atoms with Crippen LogP contribution in [0.2, 0.25) is 0 Å². The molecule has 0 unspecified atom stereocenters. The predicted octanol–water partition coefficient (Wildman–Crippen LogP) is 6.21. The van der Waals surface area contributed by atoms with E-state index >= 15 is 0 Å². The normalized spacial score (nSPS) is 15.4. The van der Waals surface area contributed by atoms with Gasteiger partial charge in [-0.25, -0.2) is 14.7 Å². The van der Waals surface area contributed by atoms with Crippen LogP contribution in [0.5, 0.6) is 0 Å². The third kappa shape index (κ3) is 6.86. The third-order valence-electron chi connectivity index (χ3n) is 5.43. The van der Waals surface area contributed by atoms with E-state index in [4.69, 9.17) is 4.74 Å². The van der Waals surface area contributed by atoms with Crippen LogP contribution in [0.15, 0.2) is 47.5 Å². The van der Waals surface area contributed by atoms with Gasteiger partial charge in [-0.15, -0.1) is 11.8 Å². The number of fused-ring (bicyclic) bond motifs is 1. The van der Waals surface area contributed by atoms with Crippen molar-refractivity contribution < 1.29 is 14.3 Å². The number of hydrogen-bond acceptors (Lipinski definition) is 5. The summed E-state index contributed by atoms with van der Waals surface area (Å²) in [7, 11) is 0. The average Bonchev–Trinajstić information content (AvgIpc) is 3.35. The first kappa shape index (κ1) is 23.4. The molecule has 0 N–H and O–H groups in total. The summed E-state index contributed by atoms with van der Waals surface area (Å²) in [4.78, 5) is 30.0. The van der Waals surface area contributed by atoms with Crippen LogP contribution in [0.1, 0.15) is 71.1 Å². The first-order chi connectivity index (χ1) is 15.2. The summed E-state index contributed by atoms with van der Waals surface area (Å²) >= 11 is 1.75. The number of aromatic nitrogens is 2. The highest BCUT2D eigenvalue weighted by atomic mass is 32.2. The average molecular weight is 444 g/mol. The van der Waals surface area contributed by atoms with Crippen molar-refractivity contribution in [3.05, 3.63) is 42.4 Å². The number of hydrogen-bond donors (Lipinski definition) is 0. The summed E-state index contributed by atoms with van der Waals surface area (Å²) in [6.45, 7) is 2.63. The number of cyclic esters (lactones) is 1. The molecule has 7 heteroatoms. The molecule has 0 saturated carbocycles. The fourth-order valence-electron chi connectivity index (χ4n) is 3.65. The molecule has 2 amide bonds. The van der Waals surface area contributed by atoms with Gasteiger partial charge < -0.3 is 4.74 Å². The maximum absolute atomic E-state index is 12.5. The number of pyridine rings is 1. The monoisotopic (exact) mass is 443 g/mol. The molecule has 31 heavy (non-hydrogen) atoms. The zero-order valence-corrected chi connectivity index (χ0v) is 19.2. The lowest BCUT2D eigenvalue weighted by molar-refractivity contribution is -0.123. The lowest BCUT2D eigenvalue weighted by Gasteiger charge is -2.10. The number of carbonyl (C=O) groups excluding carboxylic acids is 2. The van der Waals surface area contributed by atoms with E-state index in [1.165, 1.54) is 37.0 Å². The molecule has 1 aliphatic heterocycles. The summed E-state index contributed by atoms with van der Waals surface area (Å²) in [6, 6.07) is 6.06. The standard InChI is InChI=1S/C24H33N3O3S/c1-2-3-4-5-6-7-8-9-13-20-23(28)27(24(29)30-20)17-10-11-19-31-22-15-12-14-21-25-16-18-26(21)22/h12-16,18H,2-11,17,19H2,1H3/b20-13+. The van der Waals surface area contributed by atoms with Crippen LogP contribution in [0.25, 0.3) is 5.65 Å². The Morgan fingerprint density at radius 2 is 1.84 bits per heavy atom. The lowest BCUT2D eigenvalue weighted by atomic mass is 10.1. The minimum absolute atomic E-state index is 0.206. The summed E-state index contributed by atoms with van der Waals surface area (Å²) in [6.07, 6.45) is 16.0. The number of allylic oxidation sites excluding steroid dienone is 1. The van der Waals surface area contributed by atoms with Crippen molar-refractivity contribution in [1.29, 1.82) is 0 Å². The van der Waals surface area contributed by atoms with Gasteiger partial charge in [0.05, 0.1) is 5.03 Å². The number of unbranched alkanes of at least 4 members (excludes halogenated alkanes) is 8. The van der Waals surface area contributed by atoms with Gasteiger partial charge in [0, 0.05) is 18.9 Å². The van der Waals surface area contributed by atoms with Gasteiger partial charge >= 0.3 is 6.09 Å². The van der Waals surface area contributed by atoms with Crippen molar-refractivity contribution in [1.82, 2.24) is 14.3 Å². The molecule has 6 nitrogen and oxygen atoms in total. The maximum atomic E-state index is 12.5. The van der Waals surface area contributed by atoms with Gasteiger partial charge in [0.2, 0.25) is 0 Å². The SMILES string of the molecule is CCCCCCCCC/C=C1/OC(=O)N(CCCCSc2cccc3nccn23)C1=O. The molecule has 1 saturated heterocycles. The molecular weight excluding hydrogens is 410 g/mol. The number of imide groups is 1. The number of carbonyl (C=O) groups is 2. The fourth-order valence-corrected chi connectivity index (χ4v) is 4.68. The Morgan fingerprint density at radius 3 is 2.68 bits per heavy atom. The van der Waals surface area contributed by atoms with Gasteiger partial charge in [0.25, 0.3) is 5.91 Å². The molecule has 1 aliphatic rings. The molecule has 0 aromatic carbocycles. The van der Waals surface area contributed by atoms with Crippen LogP contribution in [0.4, 0.5) is 4.79 Å². The number of ether oxygens (including phenoxy) is 1. The molecule has 3 rings (SSSR count). The largest absolute Gasteiger partial charge is 0.422 e. The molecule has 2 aromatic heterocycles. The zero-order chi connectivity index (χ0) is 21.9. The highest BCUT2D eigenvalue weighted by Crippen LogP contribution is 2.22. The van der Waals surface area contributed by atoms with Crippen LogP contribution in [-0.2, 0) is 9.53 Å². The number of nitrogens with zero attached hydrogens (tertiary/aromatic N) is 3. The Labute approximate surface area is 189 Å². The topological polar surface area (TPSA) is 63.9 Å². The Morgan fingerprint density at radius 1 is 1.03 bits per heavy atom. The van der Waals surface area contributed by atoms with Crippen molar-refractivity contribution in [2.75, 3.05) is 12.3 Å². The van der Waals surface area contributed by atoms with E-state index < -0.39 is 6.09 Å². The van der Waals surface area contributed by atoms with E-state index in [9.17, 15) is 9.59 Å². The second-order valence-electron chi connectivity index (χ2n) is 7.88. The predicted molar refractivity (Wildman–Crippen MR) is 124 cm³/mol. The Hall–Kier alpha value is -2.28. The Balaban J connectivity index is 1.33. The van der Waals surface area contributed by atoms with Gasteiger partial charge in [-0.2, -0.15) is 0 Å². The molecule has 2 aromatic rings. The third-order valence-corrected chi connectivity index (χ3v) is 6.55. The smallest absolute Gasteiger partial charge is 0.404 e. The van der Waals surface area contributed by atoms with Gasteiger partial charge in [0.1, 0.15) is 5.65 Å². The summed E-state index contributed by atoms with van der Waals surface area (Å²) in [5, 5.41) is 1.14.